The van der Waals surface area contributed by atoms with Crippen LogP contribution in [0.4, 0.5) is 4.39 Å². The van der Waals surface area contributed by atoms with Gasteiger partial charge in [-0.05, 0) is 56.4 Å². The van der Waals surface area contributed by atoms with Crippen molar-refractivity contribution in [2.45, 2.75) is 38.8 Å². The number of halogens is 1. The van der Waals surface area contributed by atoms with Crippen LogP contribution in [-0.2, 0) is 0 Å². The van der Waals surface area contributed by atoms with Crippen LogP contribution in [-0.4, -0.2) is 27.3 Å². The summed E-state index contributed by atoms with van der Waals surface area (Å²) in [6.45, 7) is 4.23. The standard InChI is InChI=1S/C17H22FN3S/c1-12(20-15-6-8-22-9-7-15)17-11-19-21(13(17)2)16-5-3-4-14(18)10-16/h3-5,10-12,15,20H,6-9H2,1-2H3/t12-/m0/s1. The fourth-order valence-corrected chi connectivity index (χ4v) is 4.13. The Balaban J connectivity index is 1.77. The molecule has 1 aliphatic rings. The minimum absolute atomic E-state index is 0.236. The van der Waals surface area contributed by atoms with Crippen LogP contribution in [0.2, 0.25) is 0 Å². The lowest BCUT2D eigenvalue weighted by atomic mass is 10.1. The number of nitrogens with zero attached hydrogens (tertiary/aromatic N) is 2. The van der Waals surface area contributed by atoms with Crippen molar-refractivity contribution in [3.05, 3.63) is 47.5 Å². The van der Waals surface area contributed by atoms with Crippen LogP contribution in [0.5, 0.6) is 0 Å². The van der Waals surface area contributed by atoms with E-state index in [-0.39, 0.29) is 11.9 Å². The maximum atomic E-state index is 13.4. The predicted molar refractivity (Wildman–Crippen MR) is 90.2 cm³/mol. The van der Waals surface area contributed by atoms with E-state index in [9.17, 15) is 4.39 Å². The Morgan fingerprint density at radius 2 is 2.14 bits per heavy atom. The molecule has 1 aromatic heterocycles. The molecule has 1 aliphatic heterocycles. The molecule has 2 heterocycles. The number of rotatable bonds is 4. The topological polar surface area (TPSA) is 29.9 Å². The molecule has 5 heteroatoms. The Morgan fingerprint density at radius 1 is 1.36 bits per heavy atom. The predicted octanol–water partition coefficient (Wildman–Crippen LogP) is 3.87. The maximum Gasteiger partial charge on any atom is 0.125 e. The summed E-state index contributed by atoms with van der Waals surface area (Å²) in [7, 11) is 0. The second-order valence-electron chi connectivity index (χ2n) is 5.85. The molecule has 0 saturated carbocycles. The van der Waals surface area contributed by atoms with Gasteiger partial charge in [0.05, 0.1) is 11.9 Å². The summed E-state index contributed by atoms with van der Waals surface area (Å²) in [5.74, 6) is 2.25. The fourth-order valence-electron chi connectivity index (χ4n) is 3.02. The van der Waals surface area contributed by atoms with Crippen LogP contribution in [0.1, 0.15) is 37.1 Å². The van der Waals surface area contributed by atoms with E-state index in [1.165, 1.54) is 42.0 Å². The minimum atomic E-state index is -0.236. The van der Waals surface area contributed by atoms with Crippen molar-refractivity contribution in [2.75, 3.05) is 11.5 Å². The first kappa shape index (κ1) is 15.6. The molecule has 0 amide bonds. The third kappa shape index (κ3) is 3.36. The van der Waals surface area contributed by atoms with Gasteiger partial charge in [0.25, 0.3) is 0 Å². The SMILES string of the molecule is Cc1c([C@H](C)NC2CCSCC2)cnn1-c1cccc(F)c1. The van der Waals surface area contributed by atoms with E-state index in [0.717, 1.165) is 11.4 Å². The minimum Gasteiger partial charge on any atom is -0.307 e. The Kier molecular flexibility index (Phi) is 4.84. The summed E-state index contributed by atoms with van der Waals surface area (Å²) in [5.41, 5.74) is 3.02. The Hall–Kier alpha value is -1.33. The average Bonchev–Trinajstić information content (AvgIpc) is 2.90. The molecule has 0 bridgehead atoms. The Labute approximate surface area is 135 Å². The molecule has 118 valence electrons. The van der Waals surface area contributed by atoms with Crippen molar-refractivity contribution in [3.63, 3.8) is 0 Å². The van der Waals surface area contributed by atoms with E-state index < -0.39 is 0 Å². The smallest absolute Gasteiger partial charge is 0.125 e. The highest BCUT2D eigenvalue weighted by atomic mass is 32.2. The molecular weight excluding hydrogens is 297 g/mol. The van der Waals surface area contributed by atoms with Crippen molar-refractivity contribution in [1.29, 1.82) is 0 Å². The molecule has 2 aromatic rings. The van der Waals surface area contributed by atoms with E-state index in [4.69, 9.17) is 0 Å². The lowest BCUT2D eigenvalue weighted by molar-refractivity contribution is 0.430. The molecule has 1 fully saturated rings. The zero-order chi connectivity index (χ0) is 15.5. The van der Waals surface area contributed by atoms with Crippen molar-refractivity contribution < 1.29 is 4.39 Å². The number of hydrogen-bond donors (Lipinski definition) is 1. The van der Waals surface area contributed by atoms with Gasteiger partial charge in [0.1, 0.15) is 5.82 Å². The molecule has 0 spiro atoms. The van der Waals surface area contributed by atoms with E-state index in [0.29, 0.717) is 6.04 Å². The Bertz CT molecular complexity index is 635. The van der Waals surface area contributed by atoms with Crippen molar-refractivity contribution in [2.24, 2.45) is 0 Å². The second kappa shape index (κ2) is 6.84. The quantitative estimate of drug-likeness (QED) is 0.928. The fraction of sp³-hybridized carbons (Fsp3) is 0.471. The lowest BCUT2D eigenvalue weighted by Crippen LogP contribution is -2.34. The number of aromatic nitrogens is 2. The van der Waals surface area contributed by atoms with Crippen LogP contribution >= 0.6 is 11.8 Å². The van der Waals surface area contributed by atoms with Crippen molar-refractivity contribution in [3.8, 4) is 5.69 Å². The van der Waals surface area contributed by atoms with Gasteiger partial charge < -0.3 is 5.32 Å². The van der Waals surface area contributed by atoms with Gasteiger partial charge in [-0.25, -0.2) is 9.07 Å². The molecule has 3 rings (SSSR count). The normalized spacial score (nSPS) is 17.6. The van der Waals surface area contributed by atoms with E-state index >= 15 is 0 Å². The van der Waals surface area contributed by atoms with E-state index in [1.54, 1.807) is 6.07 Å². The molecule has 1 saturated heterocycles. The van der Waals surface area contributed by atoms with Gasteiger partial charge in [0.2, 0.25) is 0 Å². The molecule has 1 N–H and O–H groups in total. The zero-order valence-corrected chi connectivity index (χ0v) is 13.9. The summed E-state index contributed by atoms with van der Waals surface area (Å²) in [5, 5.41) is 8.16. The largest absolute Gasteiger partial charge is 0.307 e. The van der Waals surface area contributed by atoms with E-state index in [1.807, 2.05) is 35.6 Å². The number of thioether (sulfide) groups is 1. The third-order valence-corrected chi connectivity index (χ3v) is 5.32. The third-order valence-electron chi connectivity index (χ3n) is 4.27. The molecule has 22 heavy (non-hydrogen) atoms. The molecule has 0 aliphatic carbocycles. The molecule has 1 aromatic carbocycles. The number of hydrogen-bond acceptors (Lipinski definition) is 3. The van der Waals surface area contributed by atoms with Gasteiger partial charge in [-0.3, -0.25) is 0 Å². The molecule has 0 unspecified atom stereocenters. The van der Waals surface area contributed by atoms with Crippen LogP contribution in [0.3, 0.4) is 0 Å². The highest BCUT2D eigenvalue weighted by Gasteiger charge is 2.19. The molecule has 1 atom stereocenters. The van der Waals surface area contributed by atoms with Crippen molar-refractivity contribution >= 4 is 11.8 Å². The highest BCUT2D eigenvalue weighted by Crippen LogP contribution is 2.24. The first-order chi connectivity index (χ1) is 10.6. The molecular formula is C17H22FN3S. The maximum absolute atomic E-state index is 13.4. The van der Waals surface area contributed by atoms with E-state index in [2.05, 4.69) is 17.3 Å². The highest BCUT2D eigenvalue weighted by molar-refractivity contribution is 7.99. The van der Waals surface area contributed by atoms with Crippen LogP contribution in [0.25, 0.3) is 5.69 Å². The van der Waals surface area contributed by atoms with Gasteiger partial charge in [-0.1, -0.05) is 6.07 Å². The van der Waals surface area contributed by atoms with Gasteiger partial charge in [-0.15, -0.1) is 0 Å². The summed E-state index contributed by atoms with van der Waals surface area (Å²) >= 11 is 2.04. The second-order valence-corrected chi connectivity index (χ2v) is 7.08. The first-order valence-corrected chi connectivity index (χ1v) is 8.95. The summed E-state index contributed by atoms with van der Waals surface area (Å²) < 4.78 is 15.2. The van der Waals surface area contributed by atoms with Gasteiger partial charge >= 0.3 is 0 Å². The van der Waals surface area contributed by atoms with Gasteiger partial charge in [0.15, 0.2) is 0 Å². The van der Waals surface area contributed by atoms with Gasteiger partial charge in [0, 0.05) is 23.3 Å². The Morgan fingerprint density at radius 3 is 2.86 bits per heavy atom. The first-order valence-electron chi connectivity index (χ1n) is 7.79. The molecule has 0 radical (unpaired) electrons. The van der Waals surface area contributed by atoms with Crippen LogP contribution < -0.4 is 5.32 Å². The van der Waals surface area contributed by atoms with Crippen molar-refractivity contribution in [1.82, 2.24) is 15.1 Å². The van der Waals surface area contributed by atoms with Gasteiger partial charge in [-0.2, -0.15) is 16.9 Å². The molecule has 3 nitrogen and oxygen atoms in total. The lowest BCUT2D eigenvalue weighted by Gasteiger charge is -2.26. The average molecular weight is 319 g/mol. The van der Waals surface area contributed by atoms with Crippen LogP contribution in [0.15, 0.2) is 30.5 Å². The summed E-state index contributed by atoms with van der Waals surface area (Å²) in [4.78, 5) is 0. The number of nitrogens with one attached hydrogen (secondary N) is 1. The zero-order valence-electron chi connectivity index (χ0n) is 13.1. The van der Waals surface area contributed by atoms with Crippen LogP contribution in [0, 0.1) is 12.7 Å². The summed E-state index contributed by atoms with van der Waals surface area (Å²) in [6, 6.07) is 7.41. The monoisotopic (exact) mass is 319 g/mol. The number of benzene rings is 1. The summed E-state index contributed by atoms with van der Waals surface area (Å²) in [6.07, 6.45) is 4.35.